The number of ether oxygens (including phenoxy) is 1. The second kappa shape index (κ2) is 9.74. The molecule has 32 heavy (non-hydrogen) atoms. The number of amides is 3. The number of allylic oxidation sites excluding steroid dienone is 1. The number of rotatable bonds is 7. The van der Waals surface area contributed by atoms with Gasteiger partial charge in [-0.25, -0.2) is 0 Å². The highest BCUT2D eigenvalue weighted by Gasteiger charge is 2.36. The summed E-state index contributed by atoms with van der Waals surface area (Å²) in [4.78, 5) is 38.9. The topological polar surface area (TPSA) is 95.9 Å². The van der Waals surface area contributed by atoms with Crippen LogP contribution in [0, 0.1) is 13.8 Å². The summed E-state index contributed by atoms with van der Waals surface area (Å²) >= 11 is 0.763. The Kier molecular flexibility index (Phi) is 7.05. The largest absolute Gasteiger partial charge is 0.504 e. The summed E-state index contributed by atoms with van der Waals surface area (Å²) in [6.45, 7) is 7.04. The molecule has 7 nitrogen and oxygen atoms in total. The minimum absolute atomic E-state index is 0.000763. The molecule has 0 bridgehead atoms. The Morgan fingerprint density at radius 2 is 1.94 bits per heavy atom. The van der Waals surface area contributed by atoms with Crippen molar-refractivity contribution in [2.24, 2.45) is 0 Å². The molecule has 3 rings (SSSR count). The Bertz CT molecular complexity index is 1120. The van der Waals surface area contributed by atoms with Gasteiger partial charge in [-0.05, 0) is 66.9 Å². The monoisotopic (exact) mass is 452 g/mol. The van der Waals surface area contributed by atoms with Crippen molar-refractivity contribution < 1.29 is 24.2 Å². The molecular formula is C24H24N2O5S. The van der Waals surface area contributed by atoms with Crippen molar-refractivity contribution in [2.45, 2.75) is 20.3 Å². The van der Waals surface area contributed by atoms with Crippen LogP contribution in [0.25, 0.3) is 6.08 Å². The highest BCUT2D eigenvalue weighted by atomic mass is 32.2. The molecule has 0 aliphatic carbocycles. The first-order valence-corrected chi connectivity index (χ1v) is 10.7. The van der Waals surface area contributed by atoms with Gasteiger partial charge in [-0.3, -0.25) is 19.3 Å². The molecule has 166 valence electrons. The number of para-hydroxylation sites is 1. The molecule has 0 spiro atoms. The van der Waals surface area contributed by atoms with Crippen LogP contribution >= 0.6 is 11.8 Å². The van der Waals surface area contributed by atoms with E-state index in [9.17, 15) is 19.5 Å². The van der Waals surface area contributed by atoms with Gasteiger partial charge in [0.25, 0.3) is 11.1 Å². The van der Waals surface area contributed by atoms with E-state index >= 15 is 0 Å². The van der Waals surface area contributed by atoms with Gasteiger partial charge in [0.2, 0.25) is 5.91 Å². The summed E-state index contributed by atoms with van der Waals surface area (Å²) in [5.41, 5.74) is 3.62. The third kappa shape index (κ3) is 4.86. The standard InChI is InChI=1S/C24H24N2O5S/c1-5-7-17-10-16(11-18(31-4)22(17)28)12-19-23(29)26(24(30)32-19)13-20(27)25-21-14(2)8-6-9-15(21)3/h5-6,8-12,28H,1,7,13H2,2-4H3,(H,25,27)/b19-12-. The Morgan fingerprint density at radius 1 is 1.25 bits per heavy atom. The number of hydrogen-bond acceptors (Lipinski definition) is 6. The first kappa shape index (κ1) is 23.1. The molecule has 2 N–H and O–H groups in total. The van der Waals surface area contributed by atoms with Crippen LogP contribution in [0.2, 0.25) is 0 Å². The molecular weight excluding hydrogens is 428 g/mol. The van der Waals surface area contributed by atoms with E-state index in [4.69, 9.17) is 4.74 Å². The maximum absolute atomic E-state index is 12.8. The summed E-state index contributed by atoms with van der Waals surface area (Å²) in [6.07, 6.45) is 3.59. The molecule has 1 aliphatic rings. The lowest BCUT2D eigenvalue weighted by Gasteiger charge is -2.15. The van der Waals surface area contributed by atoms with Gasteiger partial charge in [-0.2, -0.15) is 0 Å². The SMILES string of the molecule is C=CCc1cc(/C=C2\SC(=O)N(CC(=O)Nc3c(C)cccc3C)C2=O)cc(OC)c1O. The Morgan fingerprint density at radius 3 is 2.56 bits per heavy atom. The molecule has 2 aromatic rings. The predicted octanol–water partition coefficient (Wildman–Crippen LogP) is 4.42. The highest BCUT2D eigenvalue weighted by molar-refractivity contribution is 8.18. The lowest BCUT2D eigenvalue weighted by Crippen LogP contribution is -2.36. The van der Waals surface area contributed by atoms with Crippen LogP contribution in [-0.2, 0) is 16.0 Å². The van der Waals surface area contributed by atoms with Gasteiger partial charge < -0.3 is 15.2 Å². The summed E-state index contributed by atoms with van der Waals surface area (Å²) in [5.74, 6) is -0.747. The number of carbonyl (C=O) groups is 3. The van der Waals surface area contributed by atoms with Crippen LogP contribution in [0.5, 0.6) is 11.5 Å². The molecule has 1 aliphatic heterocycles. The van der Waals surface area contributed by atoms with Crippen LogP contribution < -0.4 is 10.1 Å². The van der Waals surface area contributed by atoms with Crippen molar-refractivity contribution in [3.05, 3.63) is 70.1 Å². The van der Waals surface area contributed by atoms with E-state index in [1.165, 1.54) is 7.11 Å². The molecule has 8 heteroatoms. The molecule has 0 atom stereocenters. The molecule has 0 aromatic heterocycles. The van der Waals surface area contributed by atoms with Crippen molar-refractivity contribution in [1.29, 1.82) is 0 Å². The Balaban J connectivity index is 1.80. The molecule has 1 fully saturated rings. The van der Waals surface area contributed by atoms with Crippen molar-refractivity contribution >= 4 is 40.6 Å². The third-order valence-corrected chi connectivity index (χ3v) is 5.89. The van der Waals surface area contributed by atoms with E-state index in [0.717, 1.165) is 27.8 Å². The molecule has 1 saturated heterocycles. The lowest BCUT2D eigenvalue weighted by atomic mass is 10.1. The van der Waals surface area contributed by atoms with Crippen molar-refractivity contribution in [2.75, 3.05) is 19.0 Å². The molecule has 1 heterocycles. The van der Waals surface area contributed by atoms with E-state index in [1.807, 2.05) is 32.0 Å². The number of methoxy groups -OCH3 is 1. The Labute approximate surface area is 190 Å². The normalized spacial score (nSPS) is 14.7. The van der Waals surface area contributed by atoms with Crippen LogP contribution in [0.3, 0.4) is 0 Å². The fourth-order valence-corrected chi connectivity index (χ4v) is 4.20. The van der Waals surface area contributed by atoms with Gasteiger partial charge in [0.1, 0.15) is 6.54 Å². The summed E-state index contributed by atoms with van der Waals surface area (Å²) in [6, 6.07) is 8.90. The summed E-state index contributed by atoms with van der Waals surface area (Å²) in [7, 11) is 1.43. The maximum Gasteiger partial charge on any atom is 0.294 e. The zero-order valence-electron chi connectivity index (χ0n) is 18.1. The zero-order valence-corrected chi connectivity index (χ0v) is 18.9. The van der Waals surface area contributed by atoms with E-state index in [0.29, 0.717) is 23.2 Å². The zero-order chi connectivity index (χ0) is 23.4. The number of hydrogen-bond donors (Lipinski definition) is 2. The summed E-state index contributed by atoms with van der Waals surface area (Å²) < 4.78 is 5.20. The molecule has 0 unspecified atom stereocenters. The number of carbonyl (C=O) groups excluding carboxylic acids is 3. The number of anilines is 1. The minimum Gasteiger partial charge on any atom is -0.504 e. The van der Waals surface area contributed by atoms with E-state index < -0.39 is 17.1 Å². The predicted molar refractivity (Wildman–Crippen MR) is 126 cm³/mol. The number of nitrogens with zero attached hydrogens (tertiary/aromatic N) is 1. The van der Waals surface area contributed by atoms with Crippen molar-refractivity contribution in [3.63, 3.8) is 0 Å². The molecule has 0 saturated carbocycles. The van der Waals surface area contributed by atoms with Gasteiger partial charge in [0.15, 0.2) is 11.5 Å². The van der Waals surface area contributed by atoms with Gasteiger partial charge in [0, 0.05) is 11.3 Å². The summed E-state index contributed by atoms with van der Waals surface area (Å²) in [5, 5.41) is 12.5. The van der Waals surface area contributed by atoms with Gasteiger partial charge in [-0.15, -0.1) is 6.58 Å². The van der Waals surface area contributed by atoms with Crippen molar-refractivity contribution in [1.82, 2.24) is 4.90 Å². The second-order valence-corrected chi connectivity index (χ2v) is 8.30. The lowest BCUT2D eigenvalue weighted by molar-refractivity contribution is -0.127. The molecule has 0 radical (unpaired) electrons. The Hall–Kier alpha value is -3.52. The van der Waals surface area contributed by atoms with Crippen LogP contribution in [0.15, 0.2) is 47.9 Å². The number of aryl methyl sites for hydroxylation is 2. The molecule has 3 amide bonds. The average Bonchev–Trinajstić information content (AvgIpc) is 3.00. The van der Waals surface area contributed by atoms with E-state index in [2.05, 4.69) is 11.9 Å². The van der Waals surface area contributed by atoms with Crippen LogP contribution in [0.1, 0.15) is 22.3 Å². The number of imide groups is 1. The maximum atomic E-state index is 12.8. The first-order valence-electron chi connectivity index (χ1n) is 9.87. The fraction of sp³-hybridized carbons (Fsp3) is 0.208. The van der Waals surface area contributed by atoms with Gasteiger partial charge >= 0.3 is 0 Å². The molecule has 2 aromatic carbocycles. The first-order chi connectivity index (χ1) is 15.2. The second-order valence-electron chi connectivity index (χ2n) is 7.31. The van der Waals surface area contributed by atoms with Gasteiger partial charge in [0.05, 0.1) is 12.0 Å². The minimum atomic E-state index is -0.547. The quantitative estimate of drug-likeness (QED) is 0.477. The van der Waals surface area contributed by atoms with Crippen LogP contribution in [-0.4, -0.2) is 40.7 Å². The number of phenols is 1. The van der Waals surface area contributed by atoms with Crippen molar-refractivity contribution in [3.8, 4) is 11.5 Å². The number of thioether (sulfide) groups is 1. The smallest absolute Gasteiger partial charge is 0.294 e. The number of nitrogens with one attached hydrogen (secondary N) is 1. The van der Waals surface area contributed by atoms with Crippen LogP contribution in [0.4, 0.5) is 10.5 Å². The number of phenolic OH excluding ortho intramolecular Hbond substituents is 1. The third-order valence-electron chi connectivity index (χ3n) is 4.98. The van der Waals surface area contributed by atoms with Gasteiger partial charge in [-0.1, -0.05) is 24.3 Å². The number of benzene rings is 2. The fourth-order valence-electron chi connectivity index (χ4n) is 3.36. The highest BCUT2D eigenvalue weighted by Crippen LogP contribution is 2.36. The van der Waals surface area contributed by atoms with E-state index in [-0.39, 0.29) is 22.9 Å². The number of aromatic hydroxyl groups is 1. The van der Waals surface area contributed by atoms with E-state index in [1.54, 1.807) is 24.3 Å². The average molecular weight is 453 g/mol.